The molecule has 1 fully saturated rings. The van der Waals surface area contributed by atoms with E-state index in [9.17, 15) is 14.4 Å². The quantitative estimate of drug-likeness (QED) is 0.222. The molecule has 10 heteroatoms. The lowest BCUT2D eigenvalue weighted by molar-refractivity contribution is -0.137. The van der Waals surface area contributed by atoms with E-state index in [-0.39, 0.29) is 24.2 Å². The predicted molar refractivity (Wildman–Crippen MR) is 138 cm³/mol. The molecule has 4 N–H and O–H groups in total. The van der Waals surface area contributed by atoms with Crippen LogP contribution >= 0.6 is 11.3 Å². The van der Waals surface area contributed by atoms with E-state index in [2.05, 4.69) is 5.32 Å². The van der Waals surface area contributed by atoms with Crippen LogP contribution in [0, 0.1) is 5.41 Å². The number of nitrogens with one attached hydrogen (secondary N) is 2. The fourth-order valence-corrected chi connectivity index (χ4v) is 4.82. The summed E-state index contributed by atoms with van der Waals surface area (Å²) < 4.78 is 5.77. The minimum Gasteiger partial charge on any atom is -0.457 e. The van der Waals surface area contributed by atoms with Crippen LogP contribution < -0.4 is 20.7 Å². The second-order valence-electron chi connectivity index (χ2n) is 8.32. The lowest BCUT2D eigenvalue weighted by Crippen LogP contribution is -2.48. The van der Waals surface area contributed by atoms with E-state index >= 15 is 0 Å². The molecule has 0 bridgehead atoms. The van der Waals surface area contributed by atoms with E-state index in [1.165, 1.54) is 21.1 Å². The summed E-state index contributed by atoms with van der Waals surface area (Å²) in [7, 11) is 0. The van der Waals surface area contributed by atoms with Crippen molar-refractivity contribution in [3.05, 3.63) is 76.5 Å². The molecule has 0 unspecified atom stereocenters. The molecule has 0 spiro atoms. The molecular weight excluding hydrogens is 478 g/mol. The van der Waals surface area contributed by atoms with Gasteiger partial charge in [0.15, 0.2) is 0 Å². The Balaban J connectivity index is 1.34. The average molecular weight is 506 g/mol. The summed E-state index contributed by atoms with van der Waals surface area (Å²) in [5.41, 5.74) is 6.66. The molecule has 1 aliphatic rings. The summed E-state index contributed by atoms with van der Waals surface area (Å²) in [5, 5.41) is 12.1. The van der Waals surface area contributed by atoms with E-state index in [0.29, 0.717) is 55.1 Å². The summed E-state index contributed by atoms with van der Waals surface area (Å²) >= 11 is 1.41. The highest BCUT2D eigenvalue weighted by molar-refractivity contribution is 7.10. The smallest absolute Gasteiger partial charge is 0.243 e. The minimum absolute atomic E-state index is 0.0190. The Labute approximate surface area is 213 Å². The second kappa shape index (κ2) is 11.5. The van der Waals surface area contributed by atoms with Gasteiger partial charge < -0.3 is 25.6 Å². The monoisotopic (exact) mass is 505 g/mol. The molecule has 9 nitrogen and oxygen atoms in total. The third kappa shape index (κ3) is 6.08. The van der Waals surface area contributed by atoms with Crippen molar-refractivity contribution in [1.82, 2.24) is 10.2 Å². The highest BCUT2D eigenvalue weighted by Crippen LogP contribution is 2.25. The van der Waals surface area contributed by atoms with Crippen molar-refractivity contribution >= 4 is 41.1 Å². The van der Waals surface area contributed by atoms with Crippen LogP contribution in [0.3, 0.4) is 0 Å². The summed E-state index contributed by atoms with van der Waals surface area (Å²) in [6.07, 6.45) is 1.89. The number of likely N-dealkylation sites (tertiary alicyclic amines) is 1. The molecule has 0 aliphatic carbocycles. The van der Waals surface area contributed by atoms with Gasteiger partial charge in [-0.25, -0.2) is 0 Å². The first-order valence-electron chi connectivity index (χ1n) is 11.5. The summed E-state index contributed by atoms with van der Waals surface area (Å²) in [4.78, 5) is 41.4. The number of nitrogens with two attached hydrogens (primary N) is 1. The third-order valence-corrected chi connectivity index (χ3v) is 6.79. The third-order valence-electron chi connectivity index (χ3n) is 5.86. The lowest BCUT2D eigenvalue weighted by atomic mass is 10.2. The van der Waals surface area contributed by atoms with E-state index < -0.39 is 6.04 Å². The fourth-order valence-electron chi connectivity index (χ4n) is 4.00. The SMILES string of the molecule is N=C(N)c1csc(CNC(=O)[C@H]2CCCN2C(=O)CN(C=O)c2ccc(Oc3ccccc3)cc2)c1. The van der Waals surface area contributed by atoms with Gasteiger partial charge in [0.25, 0.3) is 0 Å². The first-order chi connectivity index (χ1) is 17.4. The predicted octanol–water partition coefficient (Wildman–Crippen LogP) is 3.09. The number of nitrogens with zero attached hydrogens (tertiary/aromatic N) is 2. The van der Waals surface area contributed by atoms with Gasteiger partial charge in [-0.3, -0.25) is 19.8 Å². The fraction of sp³-hybridized carbons (Fsp3) is 0.231. The van der Waals surface area contributed by atoms with Crippen molar-refractivity contribution in [2.24, 2.45) is 5.73 Å². The van der Waals surface area contributed by atoms with E-state index in [0.717, 1.165) is 4.88 Å². The van der Waals surface area contributed by atoms with Gasteiger partial charge in [0.1, 0.15) is 29.9 Å². The van der Waals surface area contributed by atoms with Crippen molar-refractivity contribution in [2.75, 3.05) is 18.0 Å². The van der Waals surface area contributed by atoms with Gasteiger partial charge in [-0.05, 0) is 55.3 Å². The zero-order valence-electron chi connectivity index (χ0n) is 19.6. The Hall–Kier alpha value is -4.18. The van der Waals surface area contributed by atoms with Crippen molar-refractivity contribution < 1.29 is 19.1 Å². The number of hydrogen-bond donors (Lipinski definition) is 3. The number of ether oxygens (including phenoxy) is 1. The van der Waals surface area contributed by atoms with Crippen LogP contribution in [0.15, 0.2) is 66.0 Å². The molecule has 4 rings (SSSR count). The van der Waals surface area contributed by atoms with Gasteiger partial charge in [-0.2, -0.15) is 0 Å². The van der Waals surface area contributed by atoms with Crippen LogP contribution in [0.4, 0.5) is 5.69 Å². The molecule has 36 heavy (non-hydrogen) atoms. The second-order valence-corrected chi connectivity index (χ2v) is 9.32. The zero-order valence-corrected chi connectivity index (χ0v) is 20.4. The lowest BCUT2D eigenvalue weighted by Gasteiger charge is -2.26. The number of carbonyl (C=O) groups excluding carboxylic acids is 3. The van der Waals surface area contributed by atoms with Crippen LogP contribution in [0.5, 0.6) is 11.5 Å². The van der Waals surface area contributed by atoms with Crippen molar-refractivity contribution in [3.8, 4) is 11.5 Å². The van der Waals surface area contributed by atoms with Crippen LogP contribution in [0.1, 0.15) is 23.3 Å². The number of nitrogen functional groups attached to an aromatic ring is 1. The van der Waals surface area contributed by atoms with Gasteiger partial charge in [0, 0.05) is 28.1 Å². The molecule has 3 aromatic rings. The Morgan fingerprint density at radius 2 is 1.89 bits per heavy atom. The Morgan fingerprint density at radius 3 is 2.56 bits per heavy atom. The first kappa shape index (κ1) is 24.9. The summed E-state index contributed by atoms with van der Waals surface area (Å²) in [5.74, 6) is 0.761. The molecule has 1 aliphatic heterocycles. The average Bonchev–Trinajstić information content (AvgIpc) is 3.57. The van der Waals surface area contributed by atoms with Crippen LogP contribution in [0.2, 0.25) is 0 Å². The zero-order chi connectivity index (χ0) is 25.5. The Morgan fingerprint density at radius 1 is 1.17 bits per heavy atom. The summed E-state index contributed by atoms with van der Waals surface area (Å²) in [6.45, 7) is 0.590. The maximum Gasteiger partial charge on any atom is 0.243 e. The van der Waals surface area contributed by atoms with Gasteiger partial charge in [-0.15, -0.1) is 11.3 Å². The van der Waals surface area contributed by atoms with E-state index in [4.69, 9.17) is 15.9 Å². The molecule has 1 aromatic heterocycles. The van der Waals surface area contributed by atoms with Crippen molar-refractivity contribution in [1.29, 1.82) is 5.41 Å². The first-order valence-corrected chi connectivity index (χ1v) is 12.4. The van der Waals surface area contributed by atoms with Gasteiger partial charge in [-0.1, -0.05) is 18.2 Å². The van der Waals surface area contributed by atoms with Crippen molar-refractivity contribution in [2.45, 2.75) is 25.4 Å². The number of rotatable bonds is 10. The van der Waals surface area contributed by atoms with Crippen LogP contribution in [-0.2, 0) is 20.9 Å². The number of thiophene rings is 1. The number of amidine groups is 1. The number of carbonyl (C=O) groups is 3. The molecule has 2 aromatic carbocycles. The molecular formula is C26H27N5O4S. The number of hydrogen-bond acceptors (Lipinski definition) is 6. The number of anilines is 1. The maximum absolute atomic E-state index is 13.0. The van der Waals surface area contributed by atoms with Crippen LogP contribution in [0.25, 0.3) is 0 Å². The molecule has 2 heterocycles. The molecule has 1 saturated heterocycles. The highest BCUT2D eigenvalue weighted by atomic mass is 32.1. The highest BCUT2D eigenvalue weighted by Gasteiger charge is 2.34. The topological polar surface area (TPSA) is 129 Å². The largest absolute Gasteiger partial charge is 0.457 e. The molecule has 1 atom stereocenters. The van der Waals surface area contributed by atoms with Crippen LogP contribution in [-0.4, -0.2) is 48.1 Å². The van der Waals surface area contributed by atoms with Gasteiger partial charge in [0.2, 0.25) is 18.2 Å². The standard InChI is InChI=1S/C26H27N5O4S/c27-25(28)18-13-22(36-16-18)14-29-26(34)23-7-4-12-31(23)24(33)15-30(17-32)19-8-10-21(11-9-19)35-20-5-2-1-3-6-20/h1-3,5-6,8-11,13,16-17,23H,4,7,12,14-15H2,(H3,27,28)(H,29,34)/t23-/m1/s1. The number of para-hydroxylation sites is 1. The maximum atomic E-state index is 13.0. The van der Waals surface area contributed by atoms with Gasteiger partial charge in [0.05, 0.1) is 6.54 Å². The number of benzene rings is 2. The molecule has 3 amide bonds. The summed E-state index contributed by atoms with van der Waals surface area (Å²) in [6, 6.07) is 17.4. The molecule has 186 valence electrons. The molecule has 0 radical (unpaired) electrons. The van der Waals surface area contributed by atoms with Gasteiger partial charge >= 0.3 is 0 Å². The Bertz CT molecular complexity index is 1230. The minimum atomic E-state index is -0.583. The van der Waals surface area contributed by atoms with E-state index in [1.54, 1.807) is 35.7 Å². The Kier molecular flexibility index (Phi) is 7.96. The van der Waals surface area contributed by atoms with Crippen molar-refractivity contribution in [3.63, 3.8) is 0 Å². The normalized spacial score (nSPS) is 14.8. The number of amides is 3. The van der Waals surface area contributed by atoms with E-state index in [1.807, 2.05) is 30.3 Å². The molecule has 0 saturated carbocycles.